The van der Waals surface area contributed by atoms with Crippen molar-refractivity contribution < 1.29 is 4.39 Å². The van der Waals surface area contributed by atoms with Crippen LogP contribution in [-0.4, -0.2) is 6.54 Å². The summed E-state index contributed by atoms with van der Waals surface area (Å²) in [7, 11) is 0. The molecule has 1 aromatic carbocycles. The molecule has 1 heterocycles. The van der Waals surface area contributed by atoms with Gasteiger partial charge in [-0.3, -0.25) is 0 Å². The van der Waals surface area contributed by atoms with E-state index in [-0.39, 0.29) is 5.82 Å². The third-order valence-electron chi connectivity index (χ3n) is 3.38. The standard InChI is InChI=1S/C17H21BrFNS/c1-3-5-15(20-10-4-2)17-9-8-16(21-17)13-7-6-12(19)11-14(13)18/h6-9,11,15,20H,3-5,10H2,1-2H3. The van der Waals surface area contributed by atoms with Crippen LogP contribution in [0.4, 0.5) is 4.39 Å². The van der Waals surface area contributed by atoms with Crippen LogP contribution in [0.15, 0.2) is 34.8 Å². The zero-order valence-corrected chi connectivity index (χ0v) is 14.9. The van der Waals surface area contributed by atoms with Gasteiger partial charge in [0.1, 0.15) is 5.82 Å². The lowest BCUT2D eigenvalue weighted by molar-refractivity contribution is 0.501. The van der Waals surface area contributed by atoms with Gasteiger partial charge in [0.2, 0.25) is 0 Å². The van der Waals surface area contributed by atoms with Gasteiger partial charge in [-0.1, -0.05) is 36.2 Å². The zero-order chi connectivity index (χ0) is 15.2. The van der Waals surface area contributed by atoms with Crippen molar-refractivity contribution in [1.29, 1.82) is 0 Å². The Morgan fingerprint density at radius 1 is 1.19 bits per heavy atom. The predicted molar refractivity (Wildman–Crippen MR) is 93.4 cm³/mol. The summed E-state index contributed by atoms with van der Waals surface area (Å²) >= 11 is 5.24. The van der Waals surface area contributed by atoms with Crippen molar-refractivity contribution in [2.24, 2.45) is 0 Å². The Morgan fingerprint density at radius 2 is 2.00 bits per heavy atom. The fraction of sp³-hybridized carbons (Fsp3) is 0.412. The quantitative estimate of drug-likeness (QED) is 0.616. The lowest BCUT2D eigenvalue weighted by Crippen LogP contribution is -2.21. The van der Waals surface area contributed by atoms with E-state index < -0.39 is 0 Å². The minimum absolute atomic E-state index is 0.212. The second-order valence-corrected chi connectivity index (χ2v) is 7.09. The van der Waals surface area contributed by atoms with E-state index in [4.69, 9.17) is 0 Å². The molecular formula is C17H21BrFNS. The van der Waals surface area contributed by atoms with Crippen LogP contribution in [0.25, 0.3) is 10.4 Å². The van der Waals surface area contributed by atoms with Crippen LogP contribution in [0.5, 0.6) is 0 Å². The molecule has 0 radical (unpaired) electrons. The molecule has 2 rings (SSSR count). The Kier molecular flexibility index (Phi) is 6.40. The van der Waals surface area contributed by atoms with Gasteiger partial charge in [-0.25, -0.2) is 4.39 Å². The molecule has 1 N–H and O–H groups in total. The van der Waals surface area contributed by atoms with Crippen LogP contribution in [0.2, 0.25) is 0 Å². The molecule has 0 aliphatic rings. The first-order valence-corrected chi connectivity index (χ1v) is 9.05. The lowest BCUT2D eigenvalue weighted by atomic mass is 10.1. The fourth-order valence-electron chi connectivity index (χ4n) is 2.33. The van der Waals surface area contributed by atoms with E-state index in [9.17, 15) is 4.39 Å². The lowest BCUT2D eigenvalue weighted by Gasteiger charge is -2.16. The first-order chi connectivity index (χ1) is 10.2. The Bertz CT molecular complexity index is 582. The van der Waals surface area contributed by atoms with Crippen molar-refractivity contribution in [3.63, 3.8) is 0 Å². The van der Waals surface area contributed by atoms with Crippen molar-refractivity contribution >= 4 is 27.3 Å². The minimum Gasteiger partial charge on any atom is -0.309 e. The average molecular weight is 370 g/mol. The Hall–Kier alpha value is -0.710. The Morgan fingerprint density at radius 3 is 2.67 bits per heavy atom. The number of thiophene rings is 1. The van der Waals surface area contributed by atoms with Crippen LogP contribution in [-0.2, 0) is 0 Å². The molecular weight excluding hydrogens is 349 g/mol. The van der Waals surface area contributed by atoms with Crippen LogP contribution in [0.1, 0.15) is 44.0 Å². The average Bonchev–Trinajstić information content (AvgIpc) is 2.93. The number of halogens is 2. The maximum Gasteiger partial charge on any atom is 0.124 e. The fourth-order valence-corrected chi connectivity index (χ4v) is 4.18. The summed E-state index contributed by atoms with van der Waals surface area (Å²) in [4.78, 5) is 2.54. The molecule has 0 aliphatic carbocycles. The van der Waals surface area contributed by atoms with Crippen LogP contribution < -0.4 is 5.32 Å². The predicted octanol–water partition coefficient (Wildman–Crippen LogP) is 6.16. The molecule has 1 unspecified atom stereocenters. The first-order valence-electron chi connectivity index (χ1n) is 7.44. The van der Waals surface area contributed by atoms with E-state index in [2.05, 4.69) is 47.2 Å². The summed E-state index contributed by atoms with van der Waals surface area (Å²) in [6.45, 7) is 5.44. The molecule has 114 valence electrons. The Labute approximate surface area is 138 Å². The number of hydrogen-bond acceptors (Lipinski definition) is 2. The summed E-state index contributed by atoms with van der Waals surface area (Å²) in [5.41, 5.74) is 1.05. The van der Waals surface area contributed by atoms with Gasteiger partial charge < -0.3 is 5.32 Å². The molecule has 2 aromatic rings. The molecule has 0 spiro atoms. The normalized spacial score (nSPS) is 12.6. The highest BCUT2D eigenvalue weighted by molar-refractivity contribution is 9.10. The first kappa shape index (κ1) is 16.7. The Balaban J connectivity index is 2.22. The third kappa shape index (κ3) is 4.38. The molecule has 21 heavy (non-hydrogen) atoms. The maximum absolute atomic E-state index is 13.2. The second kappa shape index (κ2) is 8.06. The molecule has 0 saturated heterocycles. The molecule has 1 atom stereocenters. The highest BCUT2D eigenvalue weighted by atomic mass is 79.9. The van der Waals surface area contributed by atoms with Gasteiger partial charge in [-0.2, -0.15) is 0 Å². The summed E-state index contributed by atoms with van der Waals surface area (Å²) in [6.07, 6.45) is 3.45. The van der Waals surface area contributed by atoms with Crippen molar-refractivity contribution in [2.75, 3.05) is 6.54 Å². The van der Waals surface area contributed by atoms with Crippen molar-refractivity contribution in [3.8, 4) is 10.4 Å². The molecule has 0 bridgehead atoms. The largest absolute Gasteiger partial charge is 0.309 e. The molecule has 4 heteroatoms. The van der Waals surface area contributed by atoms with E-state index >= 15 is 0 Å². The number of hydrogen-bond donors (Lipinski definition) is 1. The molecule has 0 saturated carbocycles. The molecule has 0 amide bonds. The van der Waals surface area contributed by atoms with Crippen molar-refractivity contribution in [3.05, 3.63) is 45.5 Å². The summed E-state index contributed by atoms with van der Waals surface area (Å²) in [6, 6.07) is 9.62. The highest BCUT2D eigenvalue weighted by Gasteiger charge is 2.14. The van der Waals surface area contributed by atoms with Gasteiger partial charge >= 0.3 is 0 Å². The number of nitrogens with one attached hydrogen (secondary N) is 1. The van der Waals surface area contributed by atoms with E-state index in [1.807, 2.05) is 6.07 Å². The third-order valence-corrected chi connectivity index (χ3v) is 5.27. The monoisotopic (exact) mass is 369 g/mol. The number of rotatable bonds is 7. The summed E-state index contributed by atoms with van der Waals surface area (Å²) in [5.74, 6) is -0.212. The van der Waals surface area contributed by atoms with Gasteiger partial charge in [-0.15, -0.1) is 11.3 Å². The van der Waals surface area contributed by atoms with E-state index in [0.717, 1.165) is 35.8 Å². The second-order valence-electron chi connectivity index (χ2n) is 5.12. The highest BCUT2D eigenvalue weighted by Crippen LogP contribution is 2.36. The van der Waals surface area contributed by atoms with Gasteiger partial charge in [0.05, 0.1) is 0 Å². The SMILES string of the molecule is CCCNC(CCC)c1ccc(-c2ccc(F)cc2Br)s1. The van der Waals surface area contributed by atoms with E-state index in [1.54, 1.807) is 11.3 Å². The molecule has 1 nitrogen and oxygen atoms in total. The summed E-state index contributed by atoms with van der Waals surface area (Å²) < 4.78 is 14.0. The van der Waals surface area contributed by atoms with Gasteiger partial charge in [0.25, 0.3) is 0 Å². The van der Waals surface area contributed by atoms with Crippen LogP contribution >= 0.6 is 27.3 Å². The van der Waals surface area contributed by atoms with Crippen molar-refractivity contribution in [1.82, 2.24) is 5.32 Å². The van der Waals surface area contributed by atoms with Crippen LogP contribution in [0.3, 0.4) is 0 Å². The topological polar surface area (TPSA) is 12.0 Å². The van der Waals surface area contributed by atoms with Crippen LogP contribution in [0, 0.1) is 5.82 Å². The molecule has 1 aromatic heterocycles. The van der Waals surface area contributed by atoms with E-state index in [1.165, 1.54) is 21.9 Å². The number of benzene rings is 1. The van der Waals surface area contributed by atoms with Crippen molar-refractivity contribution in [2.45, 2.75) is 39.2 Å². The smallest absolute Gasteiger partial charge is 0.124 e. The van der Waals surface area contributed by atoms with Gasteiger partial charge in [0, 0.05) is 25.8 Å². The molecule has 0 fully saturated rings. The van der Waals surface area contributed by atoms with Gasteiger partial charge in [-0.05, 0) is 49.7 Å². The zero-order valence-electron chi connectivity index (χ0n) is 12.5. The minimum atomic E-state index is -0.212. The summed E-state index contributed by atoms with van der Waals surface area (Å²) in [5, 5.41) is 3.61. The maximum atomic E-state index is 13.2. The van der Waals surface area contributed by atoms with Gasteiger partial charge in [0.15, 0.2) is 0 Å². The van der Waals surface area contributed by atoms with E-state index in [0.29, 0.717) is 6.04 Å². The molecule has 0 aliphatic heterocycles.